The first kappa shape index (κ1) is 17.5. The maximum atomic E-state index is 12.5. The van der Waals surface area contributed by atoms with Crippen LogP contribution < -0.4 is 0 Å². The van der Waals surface area contributed by atoms with Gasteiger partial charge in [0.25, 0.3) is 10.0 Å². The fourth-order valence-electron chi connectivity index (χ4n) is 2.94. The number of carbonyl (C=O) groups is 3. The Morgan fingerprint density at radius 1 is 1.12 bits per heavy atom. The van der Waals surface area contributed by atoms with E-state index in [4.69, 9.17) is 0 Å². The smallest absolute Gasteiger partial charge is 0.260 e. The van der Waals surface area contributed by atoms with Crippen molar-refractivity contribution in [3.05, 3.63) is 12.5 Å². The quantitative estimate of drug-likeness (QED) is 0.664. The van der Waals surface area contributed by atoms with E-state index >= 15 is 0 Å². The number of imidazole rings is 1. The fourth-order valence-corrected chi connectivity index (χ4v) is 4.31. The Morgan fingerprint density at radius 2 is 1.84 bits per heavy atom. The molecule has 1 N–H and O–H groups in total. The Morgan fingerprint density at radius 3 is 2.48 bits per heavy atom. The Hall–Kier alpha value is -2.27. The Kier molecular flexibility index (Phi) is 4.86. The van der Waals surface area contributed by atoms with Crippen molar-refractivity contribution in [2.75, 3.05) is 32.7 Å². The van der Waals surface area contributed by atoms with Gasteiger partial charge in [0, 0.05) is 39.0 Å². The highest BCUT2D eigenvalue weighted by molar-refractivity contribution is 7.89. The zero-order valence-electron chi connectivity index (χ0n) is 13.5. The van der Waals surface area contributed by atoms with Gasteiger partial charge in [0.05, 0.1) is 12.5 Å². The van der Waals surface area contributed by atoms with Gasteiger partial charge in [-0.3, -0.25) is 19.3 Å². The van der Waals surface area contributed by atoms with E-state index in [0.717, 1.165) is 4.90 Å². The number of nitrogens with zero attached hydrogens (tertiary/aromatic N) is 4. The molecule has 2 aliphatic heterocycles. The second kappa shape index (κ2) is 6.92. The molecule has 11 heteroatoms. The highest BCUT2D eigenvalue weighted by Crippen LogP contribution is 2.16. The zero-order valence-corrected chi connectivity index (χ0v) is 14.4. The summed E-state index contributed by atoms with van der Waals surface area (Å²) in [4.78, 5) is 44.4. The normalized spacial score (nSPS) is 20.2. The minimum Gasteiger partial charge on any atom is -0.340 e. The van der Waals surface area contributed by atoms with E-state index < -0.39 is 10.0 Å². The summed E-state index contributed by atoms with van der Waals surface area (Å²) in [7, 11) is -3.67. The molecule has 0 radical (unpaired) electrons. The standard InChI is InChI=1S/C14H19N5O5S/c20-12-2-3-13(21)19(12)9-14(22)17-4-1-5-18(7-6-17)25(23,24)11-8-15-10-16-11/h8,10H,1-7,9H2,(H,15,16). The van der Waals surface area contributed by atoms with Crippen LogP contribution >= 0.6 is 0 Å². The van der Waals surface area contributed by atoms with E-state index in [1.54, 1.807) is 0 Å². The number of nitrogens with one attached hydrogen (secondary N) is 1. The van der Waals surface area contributed by atoms with E-state index in [0.29, 0.717) is 13.0 Å². The number of rotatable bonds is 4. The van der Waals surface area contributed by atoms with Crippen molar-refractivity contribution in [2.24, 2.45) is 0 Å². The molecule has 0 spiro atoms. The number of hydrogen-bond acceptors (Lipinski definition) is 6. The van der Waals surface area contributed by atoms with Gasteiger partial charge in [-0.1, -0.05) is 0 Å². The van der Waals surface area contributed by atoms with Crippen molar-refractivity contribution in [3.8, 4) is 0 Å². The number of carbonyl (C=O) groups excluding carboxylic acids is 3. The number of amides is 3. The van der Waals surface area contributed by atoms with Crippen LogP contribution in [0.3, 0.4) is 0 Å². The van der Waals surface area contributed by atoms with Gasteiger partial charge in [-0.05, 0) is 6.42 Å². The third-order valence-corrected chi connectivity index (χ3v) is 6.17. The van der Waals surface area contributed by atoms with Crippen molar-refractivity contribution < 1.29 is 22.8 Å². The first-order valence-corrected chi connectivity index (χ1v) is 9.43. The molecule has 2 saturated heterocycles. The lowest BCUT2D eigenvalue weighted by Crippen LogP contribution is -2.44. The van der Waals surface area contributed by atoms with Crippen LogP contribution in [0.5, 0.6) is 0 Å². The van der Waals surface area contributed by atoms with E-state index in [2.05, 4.69) is 9.97 Å². The molecule has 0 saturated carbocycles. The van der Waals surface area contributed by atoms with Gasteiger partial charge in [-0.15, -0.1) is 0 Å². The summed E-state index contributed by atoms with van der Waals surface area (Å²) in [5.41, 5.74) is 0. The maximum Gasteiger partial charge on any atom is 0.260 e. The molecule has 3 amide bonds. The van der Waals surface area contributed by atoms with Crippen LogP contribution in [-0.4, -0.2) is 82.9 Å². The number of sulfonamides is 1. The molecule has 10 nitrogen and oxygen atoms in total. The molecule has 0 atom stereocenters. The molecular weight excluding hydrogens is 350 g/mol. The zero-order chi connectivity index (χ0) is 18.0. The van der Waals surface area contributed by atoms with Crippen LogP contribution in [0.2, 0.25) is 0 Å². The van der Waals surface area contributed by atoms with Crippen LogP contribution in [-0.2, 0) is 24.4 Å². The van der Waals surface area contributed by atoms with E-state index in [9.17, 15) is 22.8 Å². The molecule has 25 heavy (non-hydrogen) atoms. The number of hydrogen-bond donors (Lipinski definition) is 1. The van der Waals surface area contributed by atoms with Crippen molar-refractivity contribution >= 4 is 27.7 Å². The average Bonchev–Trinajstić information content (AvgIpc) is 3.14. The van der Waals surface area contributed by atoms with Crippen LogP contribution in [0.4, 0.5) is 0 Å². The second-order valence-corrected chi connectivity index (χ2v) is 7.83. The maximum absolute atomic E-state index is 12.5. The van der Waals surface area contributed by atoms with Gasteiger partial charge in [0.1, 0.15) is 6.54 Å². The molecule has 0 unspecified atom stereocenters. The number of aromatic nitrogens is 2. The second-order valence-electron chi connectivity index (χ2n) is 5.93. The lowest BCUT2D eigenvalue weighted by molar-refractivity contribution is -0.145. The predicted octanol–water partition coefficient (Wildman–Crippen LogP) is -1.22. The van der Waals surface area contributed by atoms with Gasteiger partial charge in [0.2, 0.25) is 17.7 Å². The van der Waals surface area contributed by atoms with Crippen LogP contribution in [0.15, 0.2) is 17.6 Å². The molecule has 0 bridgehead atoms. The fraction of sp³-hybridized carbons (Fsp3) is 0.571. The minimum absolute atomic E-state index is 0.0144. The lowest BCUT2D eigenvalue weighted by atomic mass is 10.3. The third-order valence-electron chi connectivity index (χ3n) is 4.35. The highest BCUT2D eigenvalue weighted by atomic mass is 32.2. The van der Waals surface area contributed by atoms with E-state index in [-0.39, 0.29) is 61.8 Å². The van der Waals surface area contributed by atoms with Gasteiger partial charge >= 0.3 is 0 Å². The molecule has 2 aliphatic rings. The highest BCUT2D eigenvalue weighted by Gasteiger charge is 2.33. The molecule has 3 rings (SSSR count). The van der Waals surface area contributed by atoms with E-state index in [1.807, 2.05) is 0 Å². The largest absolute Gasteiger partial charge is 0.340 e. The Labute approximate surface area is 144 Å². The topological polar surface area (TPSA) is 124 Å². The van der Waals surface area contributed by atoms with Crippen molar-refractivity contribution in [1.29, 1.82) is 0 Å². The predicted molar refractivity (Wildman–Crippen MR) is 84.5 cm³/mol. The summed E-state index contributed by atoms with van der Waals surface area (Å²) >= 11 is 0. The number of imide groups is 1. The summed E-state index contributed by atoms with van der Waals surface area (Å²) < 4.78 is 26.3. The molecular formula is C14H19N5O5S. The number of aromatic amines is 1. The van der Waals surface area contributed by atoms with Crippen molar-refractivity contribution in [3.63, 3.8) is 0 Å². The molecule has 1 aromatic heterocycles. The van der Waals surface area contributed by atoms with Gasteiger partial charge < -0.3 is 9.88 Å². The Balaban J connectivity index is 1.63. The molecule has 3 heterocycles. The Bertz CT molecular complexity index is 760. The van der Waals surface area contributed by atoms with Crippen LogP contribution in [0.25, 0.3) is 0 Å². The van der Waals surface area contributed by atoms with Gasteiger partial charge in [0.15, 0.2) is 5.03 Å². The molecule has 0 aromatic carbocycles. The number of likely N-dealkylation sites (tertiary alicyclic amines) is 1. The molecule has 2 fully saturated rings. The number of H-pyrrole nitrogens is 1. The monoisotopic (exact) mass is 369 g/mol. The van der Waals surface area contributed by atoms with Crippen molar-refractivity contribution in [1.82, 2.24) is 24.1 Å². The van der Waals surface area contributed by atoms with Crippen LogP contribution in [0, 0.1) is 0 Å². The third kappa shape index (κ3) is 3.56. The first-order chi connectivity index (χ1) is 11.9. The van der Waals surface area contributed by atoms with Gasteiger partial charge in [-0.25, -0.2) is 13.4 Å². The molecule has 136 valence electrons. The summed E-state index contributed by atoms with van der Waals surface area (Å²) in [5, 5.41) is 0.0144. The summed E-state index contributed by atoms with van der Waals surface area (Å²) in [5.74, 6) is -1.02. The summed E-state index contributed by atoms with van der Waals surface area (Å²) in [6, 6.07) is 0. The van der Waals surface area contributed by atoms with Gasteiger partial charge in [-0.2, -0.15) is 4.31 Å². The lowest BCUT2D eigenvalue weighted by Gasteiger charge is -2.23. The molecule has 0 aliphatic carbocycles. The first-order valence-electron chi connectivity index (χ1n) is 7.99. The molecule has 1 aromatic rings. The summed E-state index contributed by atoms with van der Waals surface area (Å²) in [6.45, 7) is 0.749. The minimum atomic E-state index is -3.67. The average molecular weight is 369 g/mol. The van der Waals surface area contributed by atoms with Crippen LogP contribution in [0.1, 0.15) is 19.3 Å². The summed E-state index contributed by atoms with van der Waals surface area (Å²) in [6.07, 6.45) is 3.30. The SMILES string of the molecule is O=C(CN1C(=O)CCC1=O)N1CCCN(S(=O)(=O)c2cnc[nH]2)CC1. The van der Waals surface area contributed by atoms with E-state index in [1.165, 1.54) is 21.7 Å². The van der Waals surface area contributed by atoms with Crippen molar-refractivity contribution in [2.45, 2.75) is 24.3 Å².